The highest BCUT2D eigenvalue weighted by molar-refractivity contribution is 5.81. The smallest absolute Gasteiger partial charge is 0.312 e. The molecule has 0 spiro atoms. The quantitative estimate of drug-likeness (QED) is 0.565. The van der Waals surface area contributed by atoms with Gasteiger partial charge in [-0.2, -0.15) is 0 Å². The van der Waals surface area contributed by atoms with Crippen molar-refractivity contribution in [2.75, 3.05) is 0 Å². The monoisotopic (exact) mass is 371 g/mol. The highest BCUT2D eigenvalue weighted by Crippen LogP contribution is 2.36. The standard InChI is InChI=1S/C21H29N3O3/c1-16-19(13-8-14-20(25)22-27)23(15-17-9-4-2-5-10-17)21(26)24(16)18-11-6-3-7-12-18/h2,4-5,9-10,18-19,27H,1,3,6-8,11-15H2,(H,22,25). The number of nitrogens with one attached hydrogen (secondary N) is 1. The average molecular weight is 371 g/mol. The van der Waals surface area contributed by atoms with Crippen LogP contribution in [0.4, 0.5) is 4.79 Å². The number of nitrogens with zero attached hydrogens (tertiary/aromatic N) is 2. The van der Waals surface area contributed by atoms with Gasteiger partial charge in [0.05, 0.1) is 6.04 Å². The third-order valence-corrected chi connectivity index (χ3v) is 5.66. The van der Waals surface area contributed by atoms with E-state index in [0.29, 0.717) is 19.4 Å². The molecule has 0 radical (unpaired) electrons. The SMILES string of the molecule is C=C1C(CCCC(=O)NO)N(Cc2ccccc2)C(=O)N1C1CCCCC1. The minimum atomic E-state index is -0.399. The molecule has 1 aromatic rings. The minimum Gasteiger partial charge on any atom is -0.312 e. The van der Waals surface area contributed by atoms with Gasteiger partial charge in [-0.15, -0.1) is 0 Å². The summed E-state index contributed by atoms with van der Waals surface area (Å²) in [7, 11) is 0. The van der Waals surface area contributed by atoms with Crippen molar-refractivity contribution in [3.8, 4) is 0 Å². The minimum absolute atomic E-state index is 0.0346. The van der Waals surface area contributed by atoms with Crippen molar-refractivity contribution < 1.29 is 14.8 Å². The van der Waals surface area contributed by atoms with E-state index in [1.165, 1.54) is 6.42 Å². The Morgan fingerprint density at radius 3 is 2.56 bits per heavy atom. The fraction of sp³-hybridized carbons (Fsp3) is 0.524. The van der Waals surface area contributed by atoms with Crippen LogP contribution in [0.25, 0.3) is 0 Å². The molecule has 6 nitrogen and oxygen atoms in total. The van der Waals surface area contributed by atoms with E-state index in [0.717, 1.165) is 36.9 Å². The number of carbonyl (C=O) groups is 2. The van der Waals surface area contributed by atoms with E-state index in [4.69, 9.17) is 5.21 Å². The highest BCUT2D eigenvalue weighted by atomic mass is 16.5. The zero-order valence-electron chi connectivity index (χ0n) is 15.8. The topological polar surface area (TPSA) is 72.9 Å². The van der Waals surface area contributed by atoms with Crippen LogP contribution in [0.5, 0.6) is 0 Å². The van der Waals surface area contributed by atoms with Gasteiger partial charge in [-0.25, -0.2) is 10.3 Å². The normalized spacial score (nSPS) is 21.0. The van der Waals surface area contributed by atoms with Crippen LogP contribution in [0.1, 0.15) is 56.9 Å². The summed E-state index contributed by atoms with van der Waals surface area (Å²) in [4.78, 5) is 28.4. The fourth-order valence-corrected chi connectivity index (χ4v) is 4.26. The van der Waals surface area contributed by atoms with Crippen molar-refractivity contribution in [2.45, 2.75) is 70.0 Å². The van der Waals surface area contributed by atoms with Crippen molar-refractivity contribution in [1.29, 1.82) is 0 Å². The summed E-state index contributed by atoms with van der Waals surface area (Å²) < 4.78 is 0. The Hall–Kier alpha value is -2.34. The van der Waals surface area contributed by atoms with Gasteiger partial charge >= 0.3 is 6.03 Å². The first-order valence-corrected chi connectivity index (χ1v) is 9.87. The molecule has 3 amide bonds. The number of amides is 3. The van der Waals surface area contributed by atoms with E-state index in [1.54, 1.807) is 5.48 Å². The predicted molar refractivity (Wildman–Crippen MR) is 103 cm³/mol. The summed E-state index contributed by atoms with van der Waals surface area (Å²) in [6.45, 7) is 4.81. The zero-order valence-corrected chi connectivity index (χ0v) is 15.8. The molecule has 1 heterocycles. The van der Waals surface area contributed by atoms with Gasteiger partial charge in [-0.05, 0) is 31.2 Å². The molecule has 2 aliphatic rings. The van der Waals surface area contributed by atoms with E-state index < -0.39 is 5.91 Å². The number of hydroxylamine groups is 1. The molecule has 1 saturated heterocycles. The van der Waals surface area contributed by atoms with Gasteiger partial charge < -0.3 is 4.90 Å². The second-order valence-corrected chi connectivity index (χ2v) is 7.49. The summed E-state index contributed by atoms with van der Waals surface area (Å²) in [6, 6.07) is 10.1. The molecule has 2 fully saturated rings. The molecule has 3 rings (SSSR count). The number of carbonyl (C=O) groups excluding carboxylic acids is 2. The second kappa shape index (κ2) is 9.04. The molecular formula is C21H29N3O3. The molecule has 1 unspecified atom stereocenters. The highest BCUT2D eigenvalue weighted by Gasteiger charge is 2.43. The molecule has 0 bridgehead atoms. The van der Waals surface area contributed by atoms with Crippen LogP contribution >= 0.6 is 0 Å². The number of benzene rings is 1. The van der Waals surface area contributed by atoms with Crippen LogP contribution in [-0.4, -0.2) is 39.0 Å². The summed E-state index contributed by atoms with van der Waals surface area (Å²) >= 11 is 0. The van der Waals surface area contributed by atoms with Crippen LogP contribution in [0.15, 0.2) is 42.6 Å². The largest absolute Gasteiger partial charge is 0.325 e. The van der Waals surface area contributed by atoms with E-state index in [2.05, 4.69) is 6.58 Å². The van der Waals surface area contributed by atoms with Crippen LogP contribution in [0.3, 0.4) is 0 Å². The summed E-state index contributed by atoms with van der Waals surface area (Å²) in [5.74, 6) is -0.399. The first kappa shape index (κ1) is 19.4. The van der Waals surface area contributed by atoms with Crippen LogP contribution in [0, 0.1) is 0 Å². The predicted octanol–water partition coefficient (Wildman–Crippen LogP) is 3.81. The maximum atomic E-state index is 13.3. The van der Waals surface area contributed by atoms with Crippen LogP contribution in [-0.2, 0) is 11.3 Å². The van der Waals surface area contributed by atoms with Crippen LogP contribution in [0.2, 0.25) is 0 Å². The fourth-order valence-electron chi connectivity index (χ4n) is 4.26. The van der Waals surface area contributed by atoms with Crippen molar-refractivity contribution >= 4 is 11.9 Å². The number of rotatable bonds is 7. The van der Waals surface area contributed by atoms with Crippen molar-refractivity contribution in [3.05, 3.63) is 48.2 Å². The van der Waals surface area contributed by atoms with Gasteiger partial charge in [0.2, 0.25) is 5.91 Å². The molecule has 1 saturated carbocycles. The Morgan fingerprint density at radius 2 is 1.89 bits per heavy atom. The molecule has 2 N–H and O–H groups in total. The Labute approximate surface area is 160 Å². The van der Waals surface area contributed by atoms with Gasteiger partial charge in [0.15, 0.2) is 0 Å². The number of hydrogen-bond donors (Lipinski definition) is 2. The van der Waals surface area contributed by atoms with Crippen molar-refractivity contribution in [1.82, 2.24) is 15.3 Å². The van der Waals surface area contributed by atoms with Gasteiger partial charge in [0.1, 0.15) is 0 Å². The molecule has 1 aromatic carbocycles. The number of hydrogen-bond acceptors (Lipinski definition) is 3. The second-order valence-electron chi connectivity index (χ2n) is 7.49. The first-order valence-electron chi connectivity index (χ1n) is 9.87. The van der Waals surface area contributed by atoms with E-state index in [-0.39, 0.29) is 24.5 Å². The van der Waals surface area contributed by atoms with Gasteiger partial charge in [0.25, 0.3) is 0 Å². The number of urea groups is 1. The van der Waals surface area contributed by atoms with Gasteiger partial charge in [-0.3, -0.25) is 14.9 Å². The van der Waals surface area contributed by atoms with E-state index in [9.17, 15) is 9.59 Å². The molecule has 27 heavy (non-hydrogen) atoms. The Morgan fingerprint density at radius 1 is 1.19 bits per heavy atom. The molecular weight excluding hydrogens is 342 g/mol. The van der Waals surface area contributed by atoms with Crippen LogP contribution < -0.4 is 5.48 Å². The molecule has 146 valence electrons. The third kappa shape index (κ3) is 4.50. The maximum Gasteiger partial charge on any atom is 0.325 e. The maximum absolute atomic E-state index is 13.3. The third-order valence-electron chi connectivity index (χ3n) is 5.66. The zero-order chi connectivity index (χ0) is 19.2. The lowest BCUT2D eigenvalue weighted by atomic mass is 9.94. The Bertz CT molecular complexity index is 671. The molecule has 6 heteroatoms. The van der Waals surface area contributed by atoms with E-state index in [1.807, 2.05) is 40.1 Å². The molecule has 1 atom stereocenters. The Balaban J connectivity index is 1.76. The summed E-state index contributed by atoms with van der Waals surface area (Å²) in [6.07, 6.45) is 7.09. The van der Waals surface area contributed by atoms with Crippen molar-refractivity contribution in [3.63, 3.8) is 0 Å². The Kier molecular flexibility index (Phi) is 6.50. The van der Waals surface area contributed by atoms with Crippen molar-refractivity contribution in [2.24, 2.45) is 0 Å². The molecule has 1 aliphatic carbocycles. The van der Waals surface area contributed by atoms with E-state index >= 15 is 0 Å². The first-order chi connectivity index (χ1) is 13.1. The summed E-state index contributed by atoms with van der Waals surface area (Å²) in [5, 5.41) is 8.69. The lowest BCUT2D eigenvalue weighted by Gasteiger charge is -2.31. The average Bonchev–Trinajstić information content (AvgIpc) is 2.93. The lowest BCUT2D eigenvalue weighted by molar-refractivity contribution is -0.129. The molecule has 1 aliphatic heterocycles. The molecule has 0 aromatic heterocycles. The van der Waals surface area contributed by atoms with Gasteiger partial charge in [0, 0.05) is 24.7 Å². The summed E-state index contributed by atoms with van der Waals surface area (Å²) in [5.41, 5.74) is 3.61. The lowest BCUT2D eigenvalue weighted by Crippen LogP contribution is -2.39. The van der Waals surface area contributed by atoms with Gasteiger partial charge in [-0.1, -0.05) is 56.2 Å².